The Morgan fingerprint density at radius 3 is 2.48 bits per heavy atom. The largest absolute Gasteiger partial charge is 0.493 e. The summed E-state index contributed by atoms with van der Waals surface area (Å²) in [7, 11) is 1.55. The lowest BCUT2D eigenvalue weighted by Gasteiger charge is -2.12. The summed E-state index contributed by atoms with van der Waals surface area (Å²) in [6.07, 6.45) is 1.51. The van der Waals surface area contributed by atoms with Gasteiger partial charge in [-0.05, 0) is 41.8 Å². The summed E-state index contributed by atoms with van der Waals surface area (Å²) in [6.45, 7) is 2.48. The minimum absolute atomic E-state index is 0.0423. The van der Waals surface area contributed by atoms with Crippen molar-refractivity contribution in [1.29, 1.82) is 10.5 Å². The van der Waals surface area contributed by atoms with E-state index in [1.807, 2.05) is 43.3 Å². The molecule has 0 bridgehead atoms. The lowest BCUT2D eigenvalue weighted by atomic mass is 10.1. The Morgan fingerprint density at radius 2 is 1.83 bits per heavy atom. The maximum absolute atomic E-state index is 8.81. The fourth-order valence-corrected chi connectivity index (χ4v) is 2.08. The monoisotopic (exact) mass is 304 g/mol. The van der Waals surface area contributed by atoms with Crippen molar-refractivity contribution < 1.29 is 9.47 Å². The number of nitrogens with zero attached hydrogens (tertiary/aromatic N) is 2. The van der Waals surface area contributed by atoms with Gasteiger partial charge in [-0.25, -0.2) is 0 Å². The highest BCUT2D eigenvalue weighted by Gasteiger charge is 2.07. The molecule has 2 aromatic carbocycles. The van der Waals surface area contributed by atoms with Gasteiger partial charge in [-0.15, -0.1) is 0 Å². The Kier molecular flexibility index (Phi) is 5.39. The van der Waals surface area contributed by atoms with Crippen LogP contribution in [-0.2, 0) is 6.61 Å². The van der Waals surface area contributed by atoms with Crippen molar-refractivity contribution in [3.8, 4) is 23.6 Å². The molecule has 0 N–H and O–H groups in total. The van der Waals surface area contributed by atoms with Gasteiger partial charge in [0.25, 0.3) is 0 Å². The smallest absolute Gasteiger partial charge is 0.161 e. The zero-order chi connectivity index (χ0) is 16.7. The molecule has 0 heterocycles. The molecule has 23 heavy (non-hydrogen) atoms. The van der Waals surface area contributed by atoms with E-state index in [4.69, 9.17) is 20.0 Å². The normalized spacial score (nSPS) is 9.39. The molecule has 0 aliphatic rings. The highest BCUT2D eigenvalue weighted by molar-refractivity contribution is 5.64. The van der Waals surface area contributed by atoms with Crippen LogP contribution in [0, 0.1) is 29.6 Å². The van der Waals surface area contributed by atoms with E-state index >= 15 is 0 Å². The number of aryl methyl sites for hydroxylation is 1. The zero-order valence-electron chi connectivity index (χ0n) is 13.0. The summed E-state index contributed by atoms with van der Waals surface area (Å²) >= 11 is 0. The summed E-state index contributed by atoms with van der Waals surface area (Å²) in [4.78, 5) is 0. The van der Waals surface area contributed by atoms with Gasteiger partial charge in [-0.1, -0.05) is 30.3 Å². The van der Waals surface area contributed by atoms with Crippen molar-refractivity contribution in [1.82, 2.24) is 0 Å². The van der Waals surface area contributed by atoms with Gasteiger partial charge >= 0.3 is 0 Å². The Balaban J connectivity index is 2.21. The van der Waals surface area contributed by atoms with Crippen molar-refractivity contribution in [2.45, 2.75) is 13.5 Å². The number of nitriles is 2. The van der Waals surface area contributed by atoms with E-state index in [2.05, 4.69) is 0 Å². The predicted octanol–water partition coefficient (Wildman–Crippen LogP) is 4.01. The van der Waals surface area contributed by atoms with Crippen molar-refractivity contribution in [3.63, 3.8) is 0 Å². The molecule has 2 rings (SSSR count). The number of benzene rings is 2. The topological polar surface area (TPSA) is 66.0 Å². The van der Waals surface area contributed by atoms with Gasteiger partial charge in [0, 0.05) is 0 Å². The molecule has 0 unspecified atom stereocenters. The van der Waals surface area contributed by atoms with Gasteiger partial charge in [-0.3, -0.25) is 0 Å². The second kappa shape index (κ2) is 7.68. The third-order valence-electron chi connectivity index (χ3n) is 3.38. The van der Waals surface area contributed by atoms with E-state index in [0.717, 1.165) is 5.56 Å². The number of rotatable bonds is 5. The van der Waals surface area contributed by atoms with E-state index in [1.54, 1.807) is 25.3 Å². The van der Waals surface area contributed by atoms with Gasteiger partial charge in [0.15, 0.2) is 11.5 Å². The average molecular weight is 304 g/mol. The van der Waals surface area contributed by atoms with Crippen molar-refractivity contribution in [3.05, 3.63) is 64.7 Å². The Hall–Kier alpha value is -3.24. The van der Waals surface area contributed by atoms with Crippen LogP contribution in [0.2, 0.25) is 0 Å². The van der Waals surface area contributed by atoms with Crippen molar-refractivity contribution >= 4 is 6.08 Å². The second-order valence-electron chi connectivity index (χ2n) is 4.91. The van der Waals surface area contributed by atoms with Crippen LogP contribution in [0.25, 0.3) is 6.08 Å². The molecule has 114 valence electrons. The molecule has 2 aromatic rings. The van der Waals surface area contributed by atoms with E-state index in [9.17, 15) is 0 Å². The molecule has 0 aliphatic heterocycles. The minimum atomic E-state index is 0.0423. The van der Waals surface area contributed by atoms with Gasteiger partial charge < -0.3 is 9.47 Å². The number of ether oxygens (including phenoxy) is 2. The highest BCUT2D eigenvalue weighted by atomic mass is 16.5. The molecule has 0 atom stereocenters. The Morgan fingerprint density at radius 1 is 1.09 bits per heavy atom. The molecule has 0 saturated heterocycles. The fourth-order valence-electron chi connectivity index (χ4n) is 2.08. The van der Waals surface area contributed by atoms with Gasteiger partial charge in [0.2, 0.25) is 0 Å². The molecule has 0 saturated carbocycles. The first-order valence-corrected chi connectivity index (χ1v) is 7.05. The molecule has 4 heteroatoms. The van der Waals surface area contributed by atoms with Crippen LogP contribution in [0.15, 0.2) is 48.0 Å². The summed E-state index contributed by atoms with van der Waals surface area (Å²) in [5, 5.41) is 17.6. The van der Waals surface area contributed by atoms with E-state index in [1.165, 1.54) is 11.6 Å². The van der Waals surface area contributed by atoms with E-state index < -0.39 is 0 Å². The van der Waals surface area contributed by atoms with Gasteiger partial charge in [-0.2, -0.15) is 10.5 Å². The van der Waals surface area contributed by atoms with Crippen molar-refractivity contribution in [2.75, 3.05) is 7.11 Å². The molecule has 0 aromatic heterocycles. The predicted molar refractivity (Wildman–Crippen MR) is 87.7 cm³/mol. The van der Waals surface area contributed by atoms with Crippen LogP contribution < -0.4 is 9.47 Å². The second-order valence-corrected chi connectivity index (χ2v) is 4.91. The third-order valence-corrected chi connectivity index (χ3v) is 3.38. The van der Waals surface area contributed by atoms with Gasteiger partial charge in [0.05, 0.1) is 7.11 Å². The number of allylic oxidation sites excluding steroid dienone is 1. The highest BCUT2D eigenvalue weighted by Crippen LogP contribution is 2.29. The molecule has 4 nitrogen and oxygen atoms in total. The number of methoxy groups -OCH3 is 1. The maximum Gasteiger partial charge on any atom is 0.161 e. The molecule has 0 radical (unpaired) electrons. The molecular weight excluding hydrogens is 288 g/mol. The SMILES string of the molecule is COc1cc(C=C(C#N)C#N)ccc1OCc1ccccc1C. The molecule has 0 amide bonds. The summed E-state index contributed by atoms with van der Waals surface area (Å²) < 4.78 is 11.2. The van der Waals surface area contributed by atoms with Crippen LogP contribution in [0.5, 0.6) is 11.5 Å². The minimum Gasteiger partial charge on any atom is -0.493 e. The lowest BCUT2D eigenvalue weighted by Crippen LogP contribution is -1.99. The van der Waals surface area contributed by atoms with Crippen LogP contribution in [0.4, 0.5) is 0 Å². The van der Waals surface area contributed by atoms with E-state index in [0.29, 0.717) is 23.7 Å². The number of hydrogen-bond donors (Lipinski definition) is 0. The maximum atomic E-state index is 8.81. The van der Waals surface area contributed by atoms with E-state index in [-0.39, 0.29) is 5.57 Å². The molecule has 0 fully saturated rings. The number of hydrogen-bond acceptors (Lipinski definition) is 4. The molecule has 0 aliphatic carbocycles. The third kappa shape index (κ3) is 4.12. The quantitative estimate of drug-likeness (QED) is 0.783. The first-order chi connectivity index (χ1) is 11.2. The lowest BCUT2D eigenvalue weighted by molar-refractivity contribution is 0.284. The first kappa shape index (κ1) is 16.1. The van der Waals surface area contributed by atoms with Crippen LogP contribution in [-0.4, -0.2) is 7.11 Å². The van der Waals surface area contributed by atoms with Crippen LogP contribution in [0.1, 0.15) is 16.7 Å². The average Bonchev–Trinajstić information content (AvgIpc) is 2.59. The Labute approximate surface area is 135 Å². The van der Waals surface area contributed by atoms with Crippen LogP contribution >= 0.6 is 0 Å². The van der Waals surface area contributed by atoms with Crippen LogP contribution in [0.3, 0.4) is 0 Å². The standard InChI is InChI=1S/C19H16N2O2/c1-14-5-3-4-6-17(14)13-23-18-8-7-15(10-19(18)22-2)9-16(11-20)12-21/h3-10H,13H2,1-2H3. The molecule has 0 spiro atoms. The molecular formula is C19H16N2O2. The fraction of sp³-hybridized carbons (Fsp3) is 0.158. The van der Waals surface area contributed by atoms with Crippen molar-refractivity contribution in [2.24, 2.45) is 0 Å². The summed E-state index contributed by atoms with van der Waals surface area (Å²) in [5.74, 6) is 1.17. The summed E-state index contributed by atoms with van der Waals surface area (Å²) in [6, 6.07) is 17.0. The van der Waals surface area contributed by atoms with Gasteiger partial charge in [0.1, 0.15) is 24.3 Å². The zero-order valence-corrected chi connectivity index (χ0v) is 13.0. The summed E-state index contributed by atoms with van der Waals surface area (Å²) in [5.41, 5.74) is 3.03. The Bertz CT molecular complexity index is 795. The first-order valence-electron chi connectivity index (χ1n) is 7.05.